The molecule has 0 aliphatic carbocycles. The van der Waals surface area contributed by atoms with E-state index in [1.54, 1.807) is 40.6 Å². The van der Waals surface area contributed by atoms with E-state index in [-0.39, 0.29) is 0 Å². The van der Waals surface area contributed by atoms with Gasteiger partial charge in [-0.3, -0.25) is 0 Å². The van der Waals surface area contributed by atoms with Crippen LogP contribution in [0.15, 0.2) is 40.0 Å². The van der Waals surface area contributed by atoms with Crippen LogP contribution in [0.1, 0.15) is 11.1 Å². The minimum absolute atomic E-state index is 0.424. The number of nitrogens with zero attached hydrogens (tertiary/aromatic N) is 2. The maximum absolute atomic E-state index is 5.79. The molecule has 3 rings (SSSR count). The molecule has 0 N–H and O–H groups in total. The first-order valence-corrected chi connectivity index (χ1v) is 9.48. The van der Waals surface area contributed by atoms with Gasteiger partial charge in [0.25, 0.3) is 5.22 Å². The SMILES string of the molecule is COc1ccc(-c2nnc(SCc3cc(OC)c(OC)cc3C)o2)cc1OC. The Morgan fingerprint density at radius 2 is 1.46 bits per heavy atom. The van der Waals surface area contributed by atoms with Crippen molar-refractivity contribution in [1.82, 2.24) is 10.2 Å². The topological polar surface area (TPSA) is 75.8 Å². The van der Waals surface area contributed by atoms with E-state index in [2.05, 4.69) is 10.2 Å². The van der Waals surface area contributed by atoms with Gasteiger partial charge in [-0.1, -0.05) is 11.8 Å². The predicted octanol–water partition coefficient (Wildman–Crippen LogP) is 4.37. The number of ether oxygens (including phenoxy) is 4. The van der Waals surface area contributed by atoms with Gasteiger partial charge in [-0.25, -0.2) is 0 Å². The van der Waals surface area contributed by atoms with Crippen LogP contribution in [-0.4, -0.2) is 38.6 Å². The second-order valence-corrected chi connectivity index (χ2v) is 6.79. The van der Waals surface area contributed by atoms with E-state index in [0.29, 0.717) is 39.9 Å². The predicted molar refractivity (Wildman–Crippen MR) is 107 cm³/mol. The lowest BCUT2D eigenvalue weighted by atomic mass is 10.1. The van der Waals surface area contributed by atoms with Crippen molar-refractivity contribution in [2.45, 2.75) is 17.9 Å². The van der Waals surface area contributed by atoms with Gasteiger partial charge in [0.2, 0.25) is 5.89 Å². The molecule has 0 spiro atoms. The van der Waals surface area contributed by atoms with Gasteiger partial charge in [-0.2, -0.15) is 0 Å². The number of thioether (sulfide) groups is 1. The van der Waals surface area contributed by atoms with Crippen molar-refractivity contribution in [3.63, 3.8) is 0 Å². The first kappa shape index (κ1) is 19.9. The molecule has 0 fully saturated rings. The summed E-state index contributed by atoms with van der Waals surface area (Å²) in [6, 6.07) is 9.38. The smallest absolute Gasteiger partial charge is 0.277 e. The molecule has 0 bridgehead atoms. The summed E-state index contributed by atoms with van der Waals surface area (Å²) in [5.74, 6) is 3.74. The zero-order chi connectivity index (χ0) is 20.1. The van der Waals surface area contributed by atoms with Crippen LogP contribution in [-0.2, 0) is 5.75 Å². The summed E-state index contributed by atoms with van der Waals surface area (Å²) in [5, 5.41) is 8.75. The van der Waals surface area contributed by atoms with Gasteiger partial charge in [0.05, 0.1) is 28.4 Å². The van der Waals surface area contributed by atoms with Gasteiger partial charge >= 0.3 is 0 Å². The Labute approximate surface area is 168 Å². The largest absolute Gasteiger partial charge is 0.493 e. The van der Waals surface area contributed by atoms with E-state index in [1.165, 1.54) is 11.8 Å². The molecule has 3 aromatic rings. The molecule has 0 saturated carbocycles. The van der Waals surface area contributed by atoms with Crippen molar-refractivity contribution in [3.8, 4) is 34.5 Å². The minimum Gasteiger partial charge on any atom is -0.493 e. The monoisotopic (exact) mass is 402 g/mol. The lowest BCUT2D eigenvalue weighted by Crippen LogP contribution is -1.95. The second kappa shape index (κ2) is 8.88. The standard InChI is InChI=1S/C20H22N2O5S/c1-12-8-16(24-3)18(26-5)10-14(12)11-28-20-22-21-19(27-20)13-6-7-15(23-2)17(9-13)25-4/h6-10H,11H2,1-5H3. The highest BCUT2D eigenvalue weighted by molar-refractivity contribution is 7.98. The third-order valence-electron chi connectivity index (χ3n) is 4.23. The van der Waals surface area contributed by atoms with Crippen molar-refractivity contribution in [3.05, 3.63) is 41.5 Å². The third-order valence-corrected chi connectivity index (χ3v) is 5.10. The molecular weight excluding hydrogens is 380 g/mol. The van der Waals surface area contributed by atoms with Gasteiger partial charge in [0.1, 0.15) is 0 Å². The van der Waals surface area contributed by atoms with Crippen molar-refractivity contribution < 1.29 is 23.4 Å². The normalized spacial score (nSPS) is 10.6. The van der Waals surface area contributed by atoms with Crippen molar-refractivity contribution in [2.75, 3.05) is 28.4 Å². The summed E-state index contributed by atoms with van der Waals surface area (Å²) >= 11 is 1.46. The fourth-order valence-corrected chi connectivity index (χ4v) is 3.50. The van der Waals surface area contributed by atoms with Crippen LogP contribution in [0, 0.1) is 6.92 Å². The highest BCUT2D eigenvalue weighted by atomic mass is 32.2. The van der Waals surface area contributed by atoms with E-state index in [9.17, 15) is 0 Å². The summed E-state index contributed by atoms with van der Waals surface area (Å²) in [4.78, 5) is 0. The Morgan fingerprint density at radius 3 is 2.14 bits per heavy atom. The van der Waals surface area contributed by atoms with E-state index >= 15 is 0 Å². The van der Waals surface area contributed by atoms with Gasteiger partial charge in [-0.05, 0) is 48.4 Å². The molecule has 148 valence electrons. The van der Waals surface area contributed by atoms with E-state index in [0.717, 1.165) is 16.7 Å². The molecule has 0 aliphatic rings. The van der Waals surface area contributed by atoms with Crippen LogP contribution in [0.5, 0.6) is 23.0 Å². The van der Waals surface area contributed by atoms with Crippen LogP contribution in [0.4, 0.5) is 0 Å². The molecule has 0 amide bonds. The molecule has 0 atom stereocenters. The first-order valence-electron chi connectivity index (χ1n) is 8.49. The molecular formula is C20H22N2O5S. The zero-order valence-electron chi connectivity index (χ0n) is 16.4. The van der Waals surface area contributed by atoms with Gasteiger partial charge in [-0.15, -0.1) is 10.2 Å². The highest BCUT2D eigenvalue weighted by Crippen LogP contribution is 2.35. The van der Waals surface area contributed by atoms with Crippen molar-refractivity contribution in [1.29, 1.82) is 0 Å². The fourth-order valence-electron chi connectivity index (χ4n) is 2.67. The van der Waals surface area contributed by atoms with Gasteiger partial charge < -0.3 is 23.4 Å². The Morgan fingerprint density at radius 1 is 0.821 bits per heavy atom. The Bertz CT molecular complexity index is 958. The van der Waals surface area contributed by atoms with Crippen molar-refractivity contribution in [2.24, 2.45) is 0 Å². The summed E-state index contributed by atoms with van der Waals surface area (Å²) in [6.45, 7) is 2.03. The molecule has 1 heterocycles. The number of rotatable bonds is 8. The molecule has 0 saturated heterocycles. The number of hydrogen-bond acceptors (Lipinski definition) is 8. The maximum Gasteiger partial charge on any atom is 0.277 e. The summed E-state index contributed by atoms with van der Waals surface area (Å²) in [7, 11) is 6.43. The second-order valence-electron chi connectivity index (χ2n) is 5.87. The van der Waals surface area contributed by atoms with E-state index in [1.807, 2.05) is 25.1 Å². The maximum atomic E-state index is 5.79. The number of methoxy groups -OCH3 is 4. The fraction of sp³-hybridized carbons (Fsp3) is 0.300. The van der Waals surface area contributed by atoms with E-state index < -0.39 is 0 Å². The molecule has 28 heavy (non-hydrogen) atoms. The zero-order valence-corrected chi connectivity index (χ0v) is 17.3. The average Bonchev–Trinajstić information content (AvgIpc) is 3.21. The number of benzene rings is 2. The molecule has 2 aromatic carbocycles. The molecule has 8 heteroatoms. The molecule has 7 nitrogen and oxygen atoms in total. The quantitative estimate of drug-likeness (QED) is 0.514. The Kier molecular flexibility index (Phi) is 6.30. The minimum atomic E-state index is 0.424. The van der Waals surface area contributed by atoms with Gasteiger partial charge in [0.15, 0.2) is 23.0 Å². The highest BCUT2D eigenvalue weighted by Gasteiger charge is 2.14. The lowest BCUT2D eigenvalue weighted by molar-refractivity contribution is 0.354. The lowest BCUT2D eigenvalue weighted by Gasteiger charge is -2.11. The van der Waals surface area contributed by atoms with Crippen LogP contribution in [0.25, 0.3) is 11.5 Å². The van der Waals surface area contributed by atoms with Crippen LogP contribution in [0.2, 0.25) is 0 Å². The Hall–Kier alpha value is -2.87. The van der Waals surface area contributed by atoms with E-state index in [4.69, 9.17) is 23.4 Å². The van der Waals surface area contributed by atoms with Crippen molar-refractivity contribution >= 4 is 11.8 Å². The Balaban J connectivity index is 1.75. The van der Waals surface area contributed by atoms with Crippen LogP contribution >= 0.6 is 11.8 Å². The molecule has 0 unspecified atom stereocenters. The third kappa shape index (κ3) is 4.17. The summed E-state index contributed by atoms with van der Waals surface area (Å²) in [6.07, 6.45) is 0. The van der Waals surface area contributed by atoms with Crippen LogP contribution < -0.4 is 18.9 Å². The molecule has 1 aromatic heterocycles. The molecule has 0 radical (unpaired) electrons. The van der Waals surface area contributed by atoms with Crippen LogP contribution in [0.3, 0.4) is 0 Å². The first-order chi connectivity index (χ1) is 13.6. The van der Waals surface area contributed by atoms with Gasteiger partial charge in [0, 0.05) is 11.3 Å². The summed E-state index contributed by atoms with van der Waals surface area (Å²) < 4.78 is 27.1. The number of hydrogen-bond donors (Lipinski definition) is 0. The number of aryl methyl sites for hydroxylation is 1. The number of aromatic nitrogens is 2. The average molecular weight is 402 g/mol. The molecule has 0 aliphatic heterocycles. The summed E-state index contributed by atoms with van der Waals surface area (Å²) in [5.41, 5.74) is 2.97.